The monoisotopic (exact) mass is 214 g/mol. The molecule has 1 aliphatic heterocycles. The molecule has 0 spiro atoms. The van der Waals surface area contributed by atoms with Gasteiger partial charge in [-0.2, -0.15) is 0 Å². The Morgan fingerprint density at radius 3 is 2.53 bits per heavy atom. The number of esters is 1. The van der Waals surface area contributed by atoms with Gasteiger partial charge in [-0.3, -0.25) is 0 Å². The molecule has 0 aromatic rings. The third-order valence-corrected chi connectivity index (χ3v) is 2.31. The van der Waals surface area contributed by atoms with Gasteiger partial charge in [0, 0.05) is 12.2 Å². The summed E-state index contributed by atoms with van der Waals surface area (Å²) >= 11 is 0. The third kappa shape index (κ3) is 2.79. The normalized spacial score (nSPS) is 20.2. The van der Waals surface area contributed by atoms with Gasteiger partial charge in [0.2, 0.25) is 6.29 Å². The van der Waals surface area contributed by atoms with E-state index < -0.39 is 12.3 Å². The van der Waals surface area contributed by atoms with E-state index in [0.29, 0.717) is 25.4 Å². The molecule has 0 radical (unpaired) electrons. The Hall–Kier alpha value is -0.870. The Morgan fingerprint density at radius 1 is 1.60 bits per heavy atom. The highest BCUT2D eigenvalue weighted by atomic mass is 16.7. The zero-order valence-corrected chi connectivity index (χ0v) is 9.54. The summed E-state index contributed by atoms with van der Waals surface area (Å²) in [6.45, 7) is 10.6. The molecular weight excluding hydrogens is 196 g/mol. The standard InChI is InChI=1S/C11H18O4/c1-5-14-10(11(4)6-13-7-11)15-9(12)8(2)3/h10H,2,5-7H2,1,3-4H3. The minimum absolute atomic E-state index is 0.221. The molecule has 4 heteroatoms. The fourth-order valence-electron chi connectivity index (χ4n) is 1.29. The fraction of sp³-hybridized carbons (Fsp3) is 0.727. The molecule has 1 saturated heterocycles. The van der Waals surface area contributed by atoms with Gasteiger partial charge >= 0.3 is 5.97 Å². The highest BCUT2D eigenvalue weighted by molar-refractivity contribution is 5.87. The summed E-state index contributed by atoms with van der Waals surface area (Å²) in [6, 6.07) is 0. The molecule has 1 aliphatic rings. The van der Waals surface area contributed by atoms with Gasteiger partial charge in [0.05, 0.1) is 18.6 Å². The number of hydrogen-bond donors (Lipinski definition) is 0. The summed E-state index contributed by atoms with van der Waals surface area (Å²) in [6.07, 6.45) is -0.541. The van der Waals surface area contributed by atoms with Crippen LogP contribution in [0.15, 0.2) is 12.2 Å². The first-order valence-electron chi connectivity index (χ1n) is 5.05. The van der Waals surface area contributed by atoms with Gasteiger partial charge < -0.3 is 14.2 Å². The number of hydrogen-bond acceptors (Lipinski definition) is 4. The summed E-state index contributed by atoms with van der Waals surface area (Å²) in [5.41, 5.74) is 0.157. The third-order valence-electron chi connectivity index (χ3n) is 2.31. The van der Waals surface area contributed by atoms with Crippen LogP contribution in [0.2, 0.25) is 0 Å². The Balaban J connectivity index is 2.58. The minimum atomic E-state index is -0.541. The van der Waals surface area contributed by atoms with E-state index in [2.05, 4.69) is 6.58 Å². The average Bonchev–Trinajstić information content (AvgIpc) is 2.13. The SMILES string of the molecule is C=C(C)C(=O)OC(OCC)C1(C)COC1. The smallest absolute Gasteiger partial charge is 0.335 e. The minimum Gasteiger partial charge on any atom is -0.432 e. The lowest BCUT2D eigenvalue weighted by Gasteiger charge is -2.42. The fourth-order valence-corrected chi connectivity index (χ4v) is 1.29. The van der Waals surface area contributed by atoms with E-state index >= 15 is 0 Å². The van der Waals surface area contributed by atoms with Gasteiger partial charge in [0.25, 0.3) is 0 Å². The summed E-state index contributed by atoms with van der Waals surface area (Å²) < 4.78 is 15.7. The molecule has 15 heavy (non-hydrogen) atoms. The number of rotatable bonds is 5. The van der Waals surface area contributed by atoms with Crippen molar-refractivity contribution >= 4 is 5.97 Å². The molecule has 0 aliphatic carbocycles. The van der Waals surface area contributed by atoms with Gasteiger partial charge in [-0.25, -0.2) is 4.79 Å². The molecule has 1 fully saturated rings. The molecule has 1 atom stereocenters. The van der Waals surface area contributed by atoms with Gasteiger partial charge in [0.15, 0.2) is 0 Å². The van der Waals surface area contributed by atoms with Gasteiger partial charge in [-0.05, 0) is 20.8 Å². The van der Waals surface area contributed by atoms with E-state index in [0.717, 1.165) is 0 Å². The maximum absolute atomic E-state index is 11.4. The lowest BCUT2D eigenvalue weighted by Crippen LogP contribution is -2.52. The Bertz CT molecular complexity index is 255. The van der Waals surface area contributed by atoms with Gasteiger partial charge in [0.1, 0.15) is 0 Å². The molecule has 0 aromatic heterocycles. The van der Waals surface area contributed by atoms with Crippen molar-refractivity contribution in [3.8, 4) is 0 Å². The number of carbonyl (C=O) groups is 1. The molecule has 1 unspecified atom stereocenters. The second kappa shape index (κ2) is 4.77. The van der Waals surface area contributed by atoms with Crippen LogP contribution >= 0.6 is 0 Å². The Labute approximate surface area is 90.2 Å². The molecule has 1 heterocycles. The second-order valence-electron chi connectivity index (χ2n) is 4.12. The van der Waals surface area contributed by atoms with Crippen LogP contribution in [0.4, 0.5) is 0 Å². The van der Waals surface area contributed by atoms with Gasteiger partial charge in [-0.1, -0.05) is 6.58 Å². The van der Waals surface area contributed by atoms with Crippen LogP contribution < -0.4 is 0 Å². The van der Waals surface area contributed by atoms with E-state index in [-0.39, 0.29) is 5.41 Å². The predicted molar refractivity (Wildman–Crippen MR) is 55.2 cm³/mol. The number of carbonyl (C=O) groups excluding carboxylic acids is 1. The first-order valence-corrected chi connectivity index (χ1v) is 5.05. The average molecular weight is 214 g/mol. The van der Waals surface area contributed by atoms with Crippen molar-refractivity contribution in [2.45, 2.75) is 27.1 Å². The Morgan fingerprint density at radius 2 is 2.20 bits per heavy atom. The summed E-state index contributed by atoms with van der Waals surface area (Å²) in [4.78, 5) is 11.4. The quantitative estimate of drug-likeness (QED) is 0.395. The zero-order chi connectivity index (χ0) is 11.5. The molecule has 0 saturated carbocycles. The maximum Gasteiger partial charge on any atom is 0.335 e. The van der Waals surface area contributed by atoms with E-state index in [1.54, 1.807) is 6.92 Å². The first-order chi connectivity index (χ1) is 6.99. The molecular formula is C11H18O4. The molecule has 0 aromatic carbocycles. The molecule has 4 nitrogen and oxygen atoms in total. The molecule has 0 bridgehead atoms. The molecule has 86 valence electrons. The van der Waals surface area contributed by atoms with Crippen molar-refractivity contribution in [1.29, 1.82) is 0 Å². The van der Waals surface area contributed by atoms with E-state index in [9.17, 15) is 4.79 Å². The lowest BCUT2D eigenvalue weighted by atomic mass is 9.88. The maximum atomic E-state index is 11.4. The van der Waals surface area contributed by atoms with Crippen molar-refractivity contribution < 1.29 is 19.0 Å². The van der Waals surface area contributed by atoms with Crippen LogP contribution in [0.3, 0.4) is 0 Å². The van der Waals surface area contributed by atoms with E-state index in [4.69, 9.17) is 14.2 Å². The highest BCUT2D eigenvalue weighted by Crippen LogP contribution is 2.33. The summed E-state index contributed by atoms with van der Waals surface area (Å²) in [5.74, 6) is -0.415. The number of ether oxygens (including phenoxy) is 3. The lowest BCUT2D eigenvalue weighted by molar-refractivity contribution is -0.260. The van der Waals surface area contributed by atoms with Crippen LogP contribution in [0, 0.1) is 5.41 Å². The van der Waals surface area contributed by atoms with E-state index in [1.165, 1.54) is 0 Å². The van der Waals surface area contributed by atoms with Crippen molar-refractivity contribution in [2.75, 3.05) is 19.8 Å². The van der Waals surface area contributed by atoms with Gasteiger partial charge in [-0.15, -0.1) is 0 Å². The van der Waals surface area contributed by atoms with Crippen molar-refractivity contribution in [3.05, 3.63) is 12.2 Å². The molecule has 1 rings (SSSR count). The van der Waals surface area contributed by atoms with Crippen LogP contribution in [0.5, 0.6) is 0 Å². The first kappa shape index (κ1) is 12.2. The molecule has 0 amide bonds. The second-order valence-corrected chi connectivity index (χ2v) is 4.12. The van der Waals surface area contributed by atoms with Crippen LogP contribution in [-0.4, -0.2) is 32.1 Å². The van der Waals surface area contributed by atoms with Crippen molar-refractivity contribution in [2.24, 2.45) is 5.41 Å². The van der Waals surface area contributed by atoms with Crippen molar-refractivity contribution in [3.63, 3.8) is 0 Å². The highest BCUT2D eigenvalue weighted by Gasteiger charge is 2.44. The van der Waals surface area contributed by atoms with Crippen LogP contribution in [0.1, 0.15) is 20.8 Å². The van der Waals surface area contributed by atoms with Crippen LogP contribution in [0.25, 0.3) is 0 Å². The largest absolute Gasteiger partial charge is 0.432 e. The van der Waals surface area contributed by atoms with E-state index in [1.807, 2.05) is 13.8 Å². The molecule has 0 N–H and O–H groups in total. The topological polar surface area (TPSA) is 44.8 Å². The van der Waals surface area contributed by atoms with Crippen molar-refractivity contribution in [1.82, 2.24) is 0 Å². The summed E-state index contributed by atoms with van der Waals surface area (Å²) in [7, 11) is 0. The Kier molecular flexibility index (Phi) is 3.88. The summed E-state index contributed by atoms with van der Waals surface area (Å²) in [5, 5.41) is 0. The predicted octanol–water partition coefficient (Wildman–Crippen LogP) is 1.50. The van der Waals surface area contributed by atoms with Crippen LogP contribution in [-0.2, 0) is 19.0 Å². The zero-order valence-electron chi connectivity index (χ0n) is 9.54.